The van der Waals surface area contributed by atoms with E-state index in [1.165, 1.54) is 7.11 Å². The van der Waals surface area contributed by atoms with Crippen molar-refractivity contribution in [3.8, 4) is 5.75 Å². The molecule has 1 N–H and O–H groups in total. The van der Waals surface area contributed by atoms with E-state index in [1.807, 2.05) is 0 Å². The van der Waals surface area contributed by atoms with E-state index in [9.17, 15) is 14.7 Å². The summed E-state index contributed by atoms with van der Waals surface area (Å²) in [5, 5.41) is 10.5. The van der Waals surface area contributed by atoms with Crippen LogP contribution in [0, 0.1) is 0 Å². The van der Waals surface area contributed by atoms with Gasteiger partial charge in [-0.15, -0.1) is 0 Å². The summed E-state index contributed by atoms with van der Waals surface area (Å²) in [7, 11) is 1.46. The van der Waals surface area contributed by atoms with Crippen LogP contribution in [-0.2, 0) is 4.74 Å². The number of fused-ring (bicyclic) bond motifs is 1. The number of benzene rings is 1. The Morgan fingerprint density at radius 2 is 1.96 bits per heavy atom. The Morgan fingerprint density at radius 3 is 2.65 bits per heavy atom. The zero-order valence-electron chi connectivity index (χ0n) is 12.9. The maximum atomic E-state index is 12.9. The molecule has 120 valence electrons. The minimum absolute atomic E-state index is 0.0210. The van der Waals surface area contributed by atoms with Crippen LogP contribution < -0.4 is 4.74 Å². The summed E-state index contributed by atoms with van der Waals surface area (Å²) in [6.45, 7) is 0. The summed E-state index contributed by atoms with van der Waals surface area (Å²) in [5.74, 6) is -0.324. The maximum absolute atomic E-state index is 12.9. The van der Waals surface area contributed by atoms with Gasteiger partial charge < -0.3 is 14.6 Å². The average Bonchev–Trinajstić information content (AvgIpc) is 2.98. The van der Waals surface area contributed by atoms with Crippen molar-refractivity contribution in [1.29, 1.82) is 0 Å². The number of carbonyl (C=O) groups is 2. The van der Waals surface area contributed by atoms with Crippen LogP contribution in [0.25, 0.3) is 0 Å². The van der Waals surface area contributed by atoms with E-state index >= 15 is 0 Å². The lowest BCUT2D eigenvalue weighted by atomic mass is 9.79. The van der Waals surface area contributed by atoms with Crippen LogP contribution in [0.2, 0.25) is 0 Å². The third-order valence-electron chi connectivity index (χ3n) is 5.15. The van der Waals surface area contributed by atoms with Gasteiger partial charge in [0.2, 0.25) is 5.78 Å². The van der Waals surface area contributed by atoms with Crippen molar-refractivity contribution in [2.24, 2.45) is 0 Å². The highest BCUT2D eigenvalue weighted by atomic mass is 16.5. The quantitative estimate of drug-likeness (QED) is 0.862. The van der Waals surface area contributed by atoms with Gasteiger partial charge in [0, 0.05) is 12.0 Å². The first-order valence-electron chi connectivity index (χ1n) is 7.94. The molecule has 5 nitrogen and oxygen atoms in total. The molecule has 0 aromatic heterocycles. The molecule has 1 atom stereocenters. The molecular formula is C18H18O5. The van der Waals surface area contributed by atoms with E-state index in [0.717, 1.165) is 25.7 Å². The lowest BCUT2D eigenvalue weighted by Gasteiger charge is -2.40. The third-order valence-corrected chi connectivity index (χ3v) is 5.15. The Hall–Kier alpha value is -2.14. The van der Waals surface area contributed by atoms with Gasteiger partial charge in [0.05, 0.1) is 24.4 Å². The maximum Gasteiger partial charge on any atom is 0.232 e. The zero-order valence-corrected chi connectivity index (χ0v) is 12.9. The number of carbonyl (C=O) groups excluding carboxylic acids is 2. The molecule has 1 unspecified atom stereocenters. The SMILES string of the molecule is COc1cccc2c1C(=O)C1=C(C2=O)C(O)CC2(CCCC2)O1. The van der Waals surface area contributed by atoms with Crippen LogP contribution in [0.15, 0.2) is 29.5 Å². The summed E-state index contributed by atoms with van der Waals surface area (Å²) in [5.41, 5.74) is 0.112. The Morgan fingerprint density at radius 1 is 1.22 bits per heavy atom. The smallest absolute Gasteiger partial charge is 0.232 e. The van der Waals surface area contributed by atoms with E-state index in [1.54, 1.807) is 18.2 Å². The minimum Gasteiger partial charge on any atom is -0.496 e. The molecule has 1 saturated carbocycles. The van der Waals surface area contributed by atoms with E-state index in [0.29, 0.717) is 12.2 Å². The van der Waals surface area contributed by atoms with Gasteiger partial charge in [-0.25, -0.2) is 0 Å². The highest BCUT2D eigenvalue weighted by Gasteiger charge is 2.49. The van der Waals surface area contributed by atoms with Gasteiger partial charge in [0.1, 0.15) is 11.4 Å². The van der Waals surface area contributed by atoms with Gasteiger partial charge in [-0.1, -0.05) is 12.1 Å². The van der Waals surface area contributed by atoms with Gasteiger partial charge in [-0.05, 0) is 31.7 Å². The summed E-state index contributed by atoms with van der Waals surface area (Å²) < 4.78 is 11.3. The number of aliphatic hydroxyl groups is 1. The molecule has 1 spiro atoms. The largest absolute Gasteiger partial charge is 0.496 e. The molecule has 0 saturated heterocycles. The number of allylic oxidation sites excluding steroid dienone is 1. The van der Waals surface area contributed by atoms with Gasteiger partial charge in [0.25, 0.3) is 0 Å². The predicted molar refractivity (Wildman–Crippen MR) is 81.6 cm³/mol. The van der Waals surface area contributed by atoms with Crippen LogP contribution >= 0.6 is 0 Å². The fourth-order valence-electron chi connectivity index (χ4n) is 4.05. The van der Waals surface area contributed by atoms with Crippen molar-refractivity contribution in [2.45, 2.75) is 43.8 Å². The summed E-state index contributed by atoms with van der Waals surface area (Å²) >= 11 is 0. The third kappa shape index (κ3) is 1.96. The topological polar surface area (TPSA) is 72.8 Å². The van der Waals surface area contributed by atoms with E-state index in [4.69, 9.17) is 9.47 Å². The second-order valence-electron chi connectivity index (χ2n) is 6.50. The van der Waals surface area contributed by atoms with Gasteiger partial charge in [0.15, 0.2) is 11.5 Å². The van der Waals surface area contributed by atoms with Crippen molar-refractivity contribution in [3.63, 3.8) is 0 Å². The molecular weight excluding hydrogens is 296 g/mol. The first-order valence-corrected chi connectivity index (χ1v) is 7.94. The van der Waals surface area contributed by atoms with E-state index in [2.05, 4.69) is 0 Å². The van der Waals surface area contributed by atoms with Crippen molar-refractivity contribution in [2.75, 3.05) is 7.11 Å². The molecule has 5 heteroatoms. The lowest BCUT2D eigenvalue weighted by Crippen LogP contribution is -2.44. The highest BCUT2D eigenvalue weighted by Crippen LogP contribution is 2.47. The highest BCUT2D eigenvalue weighted by molar-refractivity contribution is 6.27. The second-order valence-corrected chi connectivity index (χ2v) is 6.50. The molecule has 1 aromatic carbocycles. The van der Waals surface area contributed by atoms with Gasteiger partial charge in [-0.2, -0.15) is 0 Å². The fraction of sp³-hybridized carbons (Fsp3) is 0.444. The molecule has 23 heavy (non-hydrogen) atoms. The molecule has 2 aliphatic carbocycles. The van der Waals surface area contributed by atoms with Crippen LogP contribution in [0.1, 0.15) is 52.8 Å². The van der Waals surface area contributed by atoms with Crippen molar-refractivity contribution >= 4 is 11.6 Å². The molecule has 0 radical (unpaired) electrons. The first kappa shape index (κ1) is 14.5. The van der Waals surface area contributed by atoms with Crippen LogP contribution in [0.4, 0.5) is 0 Å². The van der Waals surface area contributed by atoms with Gasteiger partial charge in [-0.3, -0.25) is 9.59 Å². The van der Waals surface area contributed by atoms with Gasteiger partial charge >= 0.3 is 0 Å². The monoisotopic (exact) mass is 314 g/mol. The Balaban J connectivity index is 1.87. The summed E-state index contributed by atoms with van der Waals surface area (Å²) in [4.78, 5) is 25.7. The Kier molecular flexibility index (Phi) is 3.10. The van der Waals surface area contributed by atoms with E-state index < -0.39 is 11.7 Å². The molecule has 0 bridgehead atoms. The van der Waals surface area contributed by atoms with Crippen LogP contribution in [0.5, 0.6) is 5.75 Å². The normalized spacial score (nSPS) is 25.2. The zero-order chi connectivity index (χ0) is 16.2. The lowest BCUT2D eigenvalue weighted by molar-refractivity contribution is -0.0452. The molecule has 4 rings (SSSR count). The summed E-state index contributed by atoms with van der Waals surface area (Å²) in [6.07, 6.45) is 3.06. The first-order chi connectivity index (χ1) is 11.1. The number of hydrogen-bond donors (Lipinski definition) is 1. The number of Topliss-reactive ketones (excluding diaryl/α,β-unsaturated/α-hetero) is 2. The van der Waals surface area contributed by atoms with Crippen LogP contribution in [0.3, 0.4) is 0 Å². The minimum atomic E-state index is -0.951. The summed E-state index contributed by atoms with van der Waals surface area (Å²) in [6, 6.07) is 4.91. The Labute approximate surface area is 133 Å². The Bertz CT molecular complexity index is 740. The molecule has 1 fully saturated rings. The average molecular weight is 314 g/mol. The molecule has 1 heterocycles. The van der Waals surface area contributed by atoms with Crippen molar-refractivity contribution in [3.05, 3.63) is 40.7 Å². The number of methoxy groups -OCH3 is 1. The van der Waals surface area contributed by atoms with Crippen molar-refractivity contribution in [1.82, 2.24) is 0 Å². The fourth-order valence-corrected chi connectivity index (χ4v) is 4.05. The predicted octanol–water partition coefficient (Wildman–Crippen LogP) is 2.42. The number of aliphatic hydroxyl groups excluding tert-OH is 1. The van der Waals surface area contributed by atoms with Crippen LogP contribution in [-0.4, -0.2) is 35.5 Å². The number of ether oxygens (including phenoxy) is 2. The second kappa shape index (κ2) is 4.93. The van der Waals surface area contributed by atoms with E-state index in [-0.39, 0.29) is 34.0 Å². The number of ketones is 2. The molecule has 3 aliphatic rings. The number of hydrogen-bond acceptors (Lipinski definition) is 5. The molecule has 1 aliphatic heterocycles. The molecule has 1 aromatic rings. The number of rotatable bonds is 1. The standard InChI is InChI=1S/C18H18O5/c1-22-12-6-4-5-10-13(12)16(21)17-14(15(10)20)11(19)9-18(23-17)7-2-3-8-18/h4-6,11,19H,2-3,7-9H2,1H3. The molecule has 0 amide bonds. The van der Waals surface area contributed by atoms with Crippen molar-refractivity contribution < 1.29 is 24.2 Å².